The fraction of sp³-hybridized carbons (Fsp3) is 0.0588. The summed E-state index contributed by atoms with van der Waals surface area (Å²) in [6.45, 7) is 6.18. The monoisotopic (exact) mass is 451 g/mol. The molecular weight excluding hydrogens is 422 g/mol. The number of allylic oxidation sites excluding steroid dienone is 3. The van der Waals surface area contributed by atoms with Crippen molar-refractivity contribution in [1.82, 2.24) is 0 Å². The van der Waals surface area contributed by atoms with Gasteiger partial charge in [-0.2, -0.15) is 0 Å². The molecule has 0 aliphatic rings. The van der Waals surface area contributed by atoms with Crippen molar-refractivity contribution >= 4 is 27.7 Å². The van der Waals surface area contributed by atoms with E-state index in [4.69, 9.17) is 0 Å². The van der Waals surface area contributed by atoms with E-state index in [1.54, 1.807) is 0 Å². The molecule has 0 heterocycles. The van der Waals surface area contributed by atoms with E-state index in [-0.39, 0.29) is 0 Å². The van der Waals surface area contributed by atoms with E-state index in [0.29, 0.717) is 0 Å². The second-order valence-electron chi connectivity index (χ2n) is 8.72. The first-order valence-corrected chi connectivity index (χ1v) is 12.0. The van der Waals surface area contributed by atoms with E-state index in [1.165, 1.54) is 44.4 Å². The number of nitrogens with zero attached hydrogens (tertiary/aromatic N) is 1. The SMILES string of the molecule is C=C(/C=C\C)c1ccc(-c2ccc(-c3ccccc3N(C)c3ccccc3)c3ccccc23)cc1. The zero-order chi connectivity index (χ0) is 24.2. The summed E-state index contributed by atoms with van der Waals surface area (Å²) in [6.07, 6.45) is 4.07. The molecule has 35 heavy (non-hydrogen) atoms. The summed E-state index contributed by atoms with van der Waals surface area (Å²) in [4.78, 5) is 2.26. The van der Waals surface area contributed by atoms with Gasteiger partial charge in [-0.15, -0.1) is 0 Å². The second-order valence-corrected chi connectivity index (χ2v) is 8.72. The number of para-hydroxylation sites is 2. The Hall–Kier alpha value is -4.36. The number of hydrogen-bond acceptors (Lipinski definition) is 1. The predicted octanol–water partition coefficient (Wildman–Crippen LogP) is 9.53. The van der Waals surface area contributed by atoms with Gasteiger partial charge in [-0.3, -0.25) is 0 Å². The molecule has 0 unspecified atom stereocenters. The largest absolute Gasteiger partial charge is 0.344 e. The molecule has 0 radical (unpaired) electrons. The van der Waals surface area contributed by atoms with Crippen molar-refractivity contribution in [2.45, 2.75) is 6.92 Å². The number of anilines is 2. The maximum atomic E-state index is 4.17. The molecule has 0 atom stereocenters. The fourth-order valence-corrected chi connectivity index (χ4v) is 4.73. The first-order chi connectivity index (χ1) is 17.2. The van der Waals surface area contributed by atoms with Gasteiger partial charge in [0.05, 0.1) is 0 Å². The van der Waals surface area contributed by atoms with Crippen LogP contribution in [0, 0.1) is 0 Å². The van der Waals surface area contributed by atoms with Crippen LogP contribution in [0.5, 0.6) is 0 Å². The van der Waals surface area contributed by atoms with Crippen molar-refractivity contribution in [3.05, 3.63) is 140 Å². The Morgan fingerprint density at radius 1 is 0.629 bits per heavy atom. The number of benzene rings is 5. The highest BCUT2D eigenvalue weighted by Gasteiger charge is 2.15. The topological polar surface area (TPSA) is 3.24 Å². The van der Waals surface area contributed by atoms with Crippen molar-refractivity contribution in [2.24, 2.45) is 0 Å². The molecular formula is C34H29N. The summed E-state index contributed by atoms with van der Waals surface area (Å²) >= 11 is 0. The lowest BCUT2D eigenvalue weighted by Crippen LogP contribution is -2.10. The van der Waals surface area contributed by atoms with E-state index in [2.05, 4.69) is 134 Å². The third-order valence-electron chi connectivity index (χ3n) is 6.56. The average molecular weight is 452 g/mol. The molecule has 0 bridgehead atoms. The number of rotatable bonds is 6. The first kappa shape index (κ1) is 22.4. The molecule has 0 amide bonds. The Kier molecular flexibility index (Phi) is 6.32. The van der Waals surface area contributed by atoms with E-state index >= 15 is 0 Å². The van der Waals surface area contributed by atoms with Gasteiger partial charge >= 0.3 is 0 Å². The Labute approximate surface area is 208 Å². The van der Waals surface area contributed by atoms with Gasteiger partial charge in [-0.25, -0.2) is 0 Å². The highest BCUT2D eigenvalue weighted by molar-refractivity contribution is 6.06. The van der Waals surface area contributed by atoms with Crippen molar-refractivity contribution in [3.63, 3.8) is 0 Å². The summed E-state index contributed by atoms with van der Waals surface area (Å²) in [5, 5.41) is 2.50. The van der Waals surface area contributed by atoms with Crippen molar-refractivity contribution in [3.8, 4) is 22.3 Å². The van der Waals surface area contributed by atoms with Crippen LogP contribution in [-0.4, -0.2) is 7.05 Å². The van der Waals surface area contributed by atoms with Crippen LogP contribution in [0.4, 0.5) is 11.4 Å². The van der Waals surface area contributed by atoms with Gasteiger partial charge in [-0.1, -0.05) is 116 Å². The van der Waals surface area contributed by atoms with Crippen molar-refractivity contribution in [2.75, 3.05) is 11.9 Å². The molecule has 0 fully saturated rings. The molecule has 1 nitrogen and oxygen atoms in total. The van der Waals surface area contributed by atoms with Crippen LogP contribution in [0.3, 0.4) is 0 Å². The molecule has 170 valence electrons. The molecule has 0 aliphatic heterocycles. The van der Waals surface area contributed by atoms with Gasteiger partial charge < -0.3 is 4.90 Å². The summed E-state index contributed by atoms with van der Waals surface area (Å²) in [7, 11) is 2.13. The average Bonchev–Trinajstić information content (AvgIpc) is 2.93. The molecule has 0 spiro atoms. The highest BCUT2D eigenvalue weighted by Crippen LogP contribution is 2.40. The van der Waals surface area contributed by atoms with Crippen LogP contribution >= 0.6 is 0 Å². The second kappa shape index (κ2) is 9.87. The maximum absolute atomic E-state index is 4.17. The van der Waals surface area contributed by atoms with Crippen LogP contribution in [0.1, 0.15) is 12.5 Å². The number of hydrogen-bond donors (Lipinski definition) is 0. The van der Waals surface area contributed by atoms with Gasteiger partial charge in [0.25, 0.3) is 0 Å². The van der Waals surface area contributed by atoms with E-state index in [1.807, 2.05) is 19.1 Å². The minimum atomic E-state index is 1.03. The van der Waals surface area contributed by atoms with Gasteiger partial charge in [0.2, 0.25) is 0 Å². The van der Waals surface area contributed by atoms with E-state index in [9.17, 15) is 0 Å². The molecule has 0 aliphatic carbocycles. The lowest BCUT2D eigenvalue weighted by Gasteiger charge is -2.23. The summed E-state index contributed by atoms with van der Waals surface area (Å²) in [6, 6.07) is 41.1. The van der Waals surface area contributed by atoms with Crippen LogP contribution in [0.15, 0.2) is 134 Å². The van der Waals surface area contributed by atoms with Gasteiger partial charge in [-0.05, 0) is 63.7 Å². The molecule has 1 heteroatoms. The van der Waals surface area contributed by atoms with Crippen LogP contribution in [-0.2, 0) is 0 Å². The Morgan fingerprint density at radius 3 is 1.94 bits per heavy atom. The molecule has 5 aromatic carbocycles. The van der Waals surface area contributed by atoms with Crippen molar-refractivity contribution in [1.29, 1.82) is 0 Å². The third kappa shape index (κ3) is 4.41. The fourth-order valence-electron chi connectivity index (χ4n) is 4.73. The standard InChI is InChI=1S/C34H29N/c1-4-12-25(2)26-19-21-27(22-20-26)29-23-24-32(31-16-9-8-15-30(29)31)33-17-10-11-18-34(33)35(3)28-13-6-5-7-14-28/h4-24H,2H2,1,3H3/b12-4-. The quantitative estimate of drug-likeness (QED) is 0.232. The molecule has 5 rings (SSSR count). The zero-order valence-electron chi connectivity index (χ0n) is 20.3. The molecule has 0 saturated carbocycles. The lowest BCUT2D eigenvalue weighted by molar-refractivity contribution is 1.21. The van der Waals surface area contributed by atoms with E-state index < -0.39 is 0 Å². The summed E-state index contributed by atoms with van der Waals surface area (Å²) in [5.74, 6) is 0. The smallest absolute Gasteiger partial charge is 0.0487 e. The third-order valence-corrected chi connectivity index (χ3v) is 6.56. The maximum Gasteiger partial charge on any atom is 0.0487 e. The Balaban J connectivity index is 1.62. The van der Waals surface area contributed by atoms with Gasteiger partial charge in [0.15, 0.2) is 0 Å². The zero-order valence-corrected chi connectivity index (χ0v) is 20.3. The van der Waals surface area contributed by atoms with Gasteiger partial charge in [0.1, 0.15) is 0 Å². The molecule has 0 aromatic heterocycles. The minimum Gasteiger partial charge on any atom is -0.344 e. The minimum absolute atomic E-state index is 1.03. The first-order valence-electron chi connectivity index (χ1n) is 12.0. The normalized spacial score (nSPS) is 11.1. The Morgan fingerprint density at radius 2 is 1.23 bits per heavy atom. The molecule has 0 saturated heterocycles. The van der Waals surface area contributed by atoms with Gasteiger partial charge in [0, 0.05) is 24.0 Å². The number of fused-ring (bicyclic) bond motifs is 1. The van der Waals surface area contributed by atoms with E-state index in [0.717, 1.165) is 11.1 Å². The molecule has 5 aromatic rings. The van der Waals surface area contributed by atoms with Crippen molar-refractivity contribution < 1.29 is 0 Å². The lowest BCUT2D eigenvalue weighted by atomic mass is 9.90. The van der Waals surface area contributed by atoms with Crippen LogP contribution in [0.2, 0.25) is 0 Å². The summed E-state index contributed by atoms with van der Waals surface area (Å²) < 4.78 is 0. The summed E-state index contributed by atoms with van der Waals surface area (Å²) in [5.41, 5.74) is 9.43. The predicted molar refractivity (Wildman–Crippen MR) is 153 cm³/mol. The highest BCUT2D eigenvalue weighted by atomic mass is 15.1. The van der Waals surface area contributed by atoms with Crippen LogP contribution in [0.25, 0.3) is 38.6 Å². The molecule has 0 N–H and O–H groups in total. The van der Waals surface area contributed by atoms with Crippen LogP contribution < -0.4 is 4.90 Å². The Bertz CT molecular complexity index is 1510.